The first kappa shape index (κ1) is 28.4. The predicted octanol–water partition coefficient (Wildman–Crippen LogP) is 6.93. The van der Waals surface area contributed by atoms with Crippen LogP contribution >= 0.6 is 0 Å². The number of nitrogens with zero attached hydrogens (tertiary/aromatic N) is 2. The molecule has 3 saturated heterocycles. The fraction of sp³-hybridized carbons (Fsp3) is 1.00. The molecule has 8 atom stereocenters. The van der Waals surface area contributed by atoms with Crippen molar-refractivity contribution >= 4 is 0 Å². The van der Waals surface area contributed by atoms with Gasteiger partial charge in [-0.2, -0.15) is 0 Å². The molecule has 3 aliphatic heterocycles. The molecular formula is C30H59N2O2+. The van der Waals surface area contributed by atoms with Crippen LogP contribution in [0.25, 0.3) is 0 Å². The average molecular weight is 480 g/mol. The Morgan fingerprint density at radius 2 is 1.56 bits per heavy atom. The van der Waals surface area contributed by atoms with Crippen LogP contribution < -0.4 is 0 Å². The van der Waals surface area contributed by atoms with Crippen LogP contribution in [0.3, 0.4) is 0 Å². The molecule has 34 heavy (non-hydrogen) atoms. The molecule has 0 spiro atoms. The molecule has 0 aromatic heterocycles. The fourth-order valence-corrected chi connectivity index (χ4v) is 7.12. The molecule has 0 saturated carbocycles. The molecule has 4 nitrogen and oxygen atoms in total. The van der Waals surface area contributed by atoms with Gasteiger partial charge >= 0.3 is 0 Å². The summed E-state index contributed by atoms with van der Waals surface area (Å²) in [7, 11) is 6.96. The summed E-state index contributed by atoms with van der Waals surface area (Å²) in [4.78, 5) is 2.66. The number of unbranched alkanes of at least 4 members (excludes halogenated alkanes) is 1. The molecule has 8 unspecified atom stereocenters. The van der Waals surface area contributed by atoms with Crippen LogP contribution in [-0.2, 0) is 9.47 Å². The summed E-state index contributed by atoms with van der Waals surface area (Å²) in [6.45, 7) is 24.3. The van der Waals surface area contributed by atoms with E-state index in [0.29, 0.717) is 30.0 Å². The van der Waals surface area contributed by atoms with E-state index in [-0.39, 0.29) is 28.9 Å². The van der Waals surface area contributed by atoms with Crippen LogP contribution in [-0.4, -0.2) is 66.3 Å². The molecule has 0 bridgehead atoms. The first-order chi connectivity index (χ1) is 15.5. The lowest BCUT2D eigenvalue weighted by Gasteiger charge is -2.48. The highest BCUT2D eigenvalue weighted by Gasteiger charge is 2.71. The van der Waals surface area contributed by atoms with Crippen LogP contribution in [0.15, 0.2) is 0 Å². The molecular weight excluding hydrogens is 420 g/mol. The van der Waals surface area contributed by atoms with Crippen molar-refractivity contribution in [2.24, 2.45) is 29.1 Å². The Kier molecular flexibility index (Phi) is 8.04. The summed E-state index contributed by atoms with van der Waals surface area (Å²) in [6, 6.07) is 0. The Morgan fingerprint density at radius 1 is 0.941 bits per heavy atom. The van der Waals surface area contributed by atoms with E-state index in [2.05, 4.69) is 95.3 Å². The number of fused-ring (bicyclic) bond motifs is 2. The third kappa shape index (κ3) is 5.55. The van der Waals surface area contributed by atoms with Gasteiger partial charge in [-0.25, -0.2) is 4.90 Å². The predicted molar refractivity (Wildman–Crippen MR) is 143 cm³/mol. The lowest BCUT2D eigenvalue weighted by atomic mass is 9.64. The molecule has 0 amide bonds. The summed E-state index contributed by atoms with van der Waals surface area (Å²) >= 11 is 0. The van der Waals surface area contributed by atoms with E-state index in [1.807, 2.05) is 0 Å². The van der Waals surface area contributed by atoms with Crippen molar-refractivity contribution in [2.75, 3.05) is 21.1 Å². The van der Waals surface area contributed by atoms with Gasteiger partial charge in [-0.1, -0.05) is 60.8 Å². The number of quaternary nitrogens is 1. The summed E-state index contributed by atoms with van der Waals surface area (Å²) in [6.07, 6.45) is 8.69. The van der Waals surface area contributed by atoms with Crippen molar-refractivity contribution in [2.45, 2.75) is 144 Å². The Balaban J connectivity index is 1.87. The molecule has 0 aromatic rings. The zero-order chi connectivity index (χ0) is 25.9. The van der Waals surface area contributed by atoms with E-state index in [4.69, 9.17) is 9.47 Å². The van der Waals surface area contributed by atoms with Crippen LogP contribution in [0.5, 0.6) is 0 Å². The molecule has 0 aromatic carbocycles. The zero-order valence-corrected chi connectivity index (χ0v) is 25.1. The van der Waals surface area contributed by atoms with Crippen LogP contribution in [0, 0.1) is 29.1 Å². The fourth-order valence-electron chi connectivity index (χ4n) is 7.12. The highest BCUT2D eigenvalue weighted by atomic mass is 16.7. The smallest absolute Gasteiger partial charge is 0.140 e. The molecule has 3 heterocycles. The molecule has 0 radical (unpaired) electrons. The van der Waals surface area contributed by atoms with Gasteiger partial charge in [0.1, 0.15) is 24.7 Å². The molecule has 0 N–H and O–H groups in total. The maximum absolute atomic E-state index is 6.68. The highest BCUT2D eigenvalue weighted by molar-refractivity contribution is 5.15. The third-order valence-electron chi connectivity index (χ3n) is 10.3. The Bertz CT molecular complexity index is 696. The van der Waals surface area contributed by atoms with Gasteiger partial charge in [0.05, 0.1) is 26.7 Å². The standard InChI is InChI=1S/C30H59N2O2/c1-14-15-16-21(4)22(5)18-30(10)23(17-20(2)3)24-26(33-24)31(27-25(30)34-27)28(6,7)19-29(8,9)32(11,12)13/h20-27H,14-19H2,1-13H3/q+1. The van der Waals surface area contributed by atoms with E-state index in [0.717, 1.165) is 16.8 Å². The lowest BCUT2D eigenvalue weighted by Crippen LogP contribution is -2.60. The van der Waals surface area contributed by atoms with Crippen molar-refractivity contribution in [3.8, 4) is 0 Å². The van der Waals surface area contributed by atoms with Crippen LogP contribution in [0.2, 0.25) is 0 Å². The van der Waals surface area contributed by atoms with Crippen molar-refractivity contribution < 1.29 is 14.0 Å². The summed E-state index contributed by atoms with van der Waals surface area (Å²) < 4.78 is 14.2. The number of epoxide rings is 2. The van der Waals surface area contributed by atoms with E-state index in [9.17, 15) is 0 Å². The topological polar surface area (TPSA) is 28.3 Å². The maximum Gasteiger partial charge on any atom is 0.140 e. The summed E-state index contributed by atoms with van der Waals surface area (Å²) in [5.74, 6) is 2.73. The Hall–Kier alpha value is -0.160. The largest absolute Gasteiger partial charge is 0.353 e. The number of ether oxygens (including phenoxy) is 2. The minimum Gasteiger partial charge on any atom is -0.353 e. The van der Waals surface area contributed by atoms with Gasteiger partial charge in [-0.15, -0.1) is 0 Å². The average Bonchev–Trinajstić information content (AvgIpc) is 3.58. The van der Waals surface area contributed by atoms with Crippen LogP contribution in [0.1, 0.15) is 108 Å². The highest BCUT2D eigenvalue weighted by Crippen LogP contribution is 2.62. The van der Waals surface area contributed by atoms with Crippen LogP contribution in [0.4, 0.5) is 0 Å². The van der Waals surface area contributed by atoms with Crippen molar-refractivity contribution in [1.82, 2.24) is 4.90 Å². The zero-order valence-electron chi connectivity index (χ0n) is 25.1. The SMILES string of the molecule is CCCCC(C)C(C)CC1(C)C(CC(C)C)C2OC2N(C(C)(C)CC(C)(C)[N+](C)(C)C)C2OC21. The van der Waals surface area contributed by atoms with Gasteiger partial charge in [-0.05, 0) is 64.2 Å². The van der Waals surface area contributed by atoms with E-state index in [1.165, 1.54) is 32.1 Å². The summed E-state index contributed by atoms with van der Waals surface area (Å²) in [5, 5.41) is 0. The Labute approximate surface area is 212 Å². The van der Waals surface area contributed by atoms with Crippen molar-refractivity contribution in [3.05, 3.63) is 0 Å². The quantitative estimate of drug-likeness (QED) is 0.224. The molecule has 3 aliphatic rings. The Morgan fingerprint density at radius 3 is 2.09 bits per heavy atom. The second-order valence-corrected chi connectivity index (χ2v) is 15.2. The first-order valence-electron chi connectivity index (χ1n) is 14.4. The van der Waals surface area contributed by atoms with Gasteiger partial charge in [0.15, 0.2) is 0 Å². The lowest BCUT2D eigenvalue weighted by molar-refractivity contribution is -0.920. The molecule has 4 heteroatoms. The molecule has 200 valence electrons. The molecule has 3 fully saturated rings. The normalized spacial score (nSPS) is 36.0. The minimum absolute atomic E-state index is 0.0154. The van der Waals surface area contributed by atoms with Gasteiger partial charge < -0.3 is 14.0 Å². The van der Waals surface area contributed by atoms with Crippen molar-refractivity contribution in [1.29, 1.82) is 0 Å². The first-order valence-corrected chi connectivity index (χ1v) is 14.4. The minimum atomic E-state index is 0.0154. The summed E-state index contributed by atoms with van der Waals surface area (Å²) in [5.41, 5.74) is 0.352. The van der Waals surface area contributed by atoms with E-state index >= 15 is 0 Å². The number of likely N-dealkylation sites (tertiary alicyclic amines) is 1. The third-order valence-corrected chi connectivity index (χ3v) is 10.3. The monoisotopic (exact) mass is 479 g/mol. The van der Waals surface area contributed by atoms with Crippen molar-refractivity contribution in [3.63, 3.8) is 0 Å². The van der Waals surface area contributed by atoms with Gasteiger partial charge in [0, 0.05) is 17.4 Å². The van der Waals surface area contributed by atoms with E-state index < -0.39 is 0 Å². The number of rotatable bonds is 12. The number of hydrogen-bond donors (Lipinski definition) is 0. The second kappa shape index (κ2) is 9.62. The second-order valence-electron chi connectivity index (χ2n) is 15.2. The number of hydrogen-bond acceptors (Lipinski definition) is 3. The molecule has 3 rings (SSSR count). The van der Waals surface area contributed by atoms with E-state index in [1.54, 1.807) is 0 Å². The molecule has 0 aliphatic carbocycles. The van der Waals surface area contributed by atoms with Gasteiger partial charge in [-0.3, -0.25) is 0 Å². The van der Waals surface area contributed by atoms with Gasteiger partial charge in [0.25, 0.3) is 0 Å². The van der Waals surface area contributed by atoms with Gasteiger partial charge in [0.2, 0.25) is 0 Å². The maximum atomic E-state index is 6.68.